The Labute approximate surface area is 156 Å². The van der Waals surface area contributed by atoms with Gasteiger partial charge in [0.15, 0.2) is 0 Å². The van der Waals surface area contributed by atoms with Gasteiger partial charge in [-0.1, -0.05) is 17.7 Å². The maximum Gasteiger partial charge on any atom is 0.252 e. The SMILES string of the molecule is COc1ccc(C(C)NC(=O)c2ccc(Cl)cc2I)cc1Br. The van der Waals surface area contributed by atoms with Crippen molar-refractivity contribution in [2.75, 3.05) is 7.11 Å². The van der Waals surface area contributed by atoms with Gasteiger partial charge < -0.3 is 10.1 Å². The smallest absolute Gasteiger partial charge is 0.252 e. The largest absolute Gasteiger partial charge is 0.496 e. The summed E-state index contributed by atoms with van der Waals surface area (Å²) in [7, 11) is 1.62. The molecular formula is C16H14BrClINO2. The standard InChI is InChI=1S/C16H14BrClINO2/c1-9(10-3-6-15(22-2)13(17)7-10)20-16(21)12-5-4-11(18)8-14(12)19/h3-9H,1-2H3,(H,20,21). The zero-order chi connectivity index (χ0) is 16.3. The van der Waals surface area contributed by atoms with Crippen LogP contribution in [0.2, 0.25) is 5.02 Å². The molecule has 0 spiro atoms. The molecule has 2 aromatic carbocycles. The predicted octanol–water partition coefficient (Wildman–Crippen LogP) is 5.21. The predicted molar refractivity (Wildman–Crippen MR) is 101 cm³/mol. The van der Waals surface area contributed by atoms with Crippen LogP contribution in [-0.2, 0) is 0 Å². The van der Waals surface area contributed by atoms with Gasteiger partial charge >= 0.3 is 0 Å². The van der Waals surface area contributed by atoms with Gasteiger partial charge in [0.05, 0.1) is 23.2 Å². The number of rotatable bonds is 4. The van der Waals surface area contributed by atoms with Gasteiger partial charge in [-0.2, -0.15) is 0 Å². The van der Waals surface area contributed by atoms with Gasteiger partial charge in [-0.05, 0) is 81.3 Å². The van der Waals surface area contributed by atoms with E-state index in [-0.39, 0.29) is 11.9 Å². The Kier molecular flexibility index (Phi) is 6.11. The summed E-state index contributed by atoms with van der Waals surface area (Å²) in [4.78, 5) is 12.4. The van der Waals surface area contributed by atoms with Gasteiger partial charge in [-0.25, -0.2) is 0 Å². The Hall–Kier alpha value is -0.790. The minimum absolute atomic E-state index is 0.124. The van der Waals surface area contributed by atoms with E-state index in [4.69, 9.17) is 16.3 Å². The first-order valence-corrected chi connectivity index (χ1v) is 8.76. The fourth-order valence-electron chi connectivity index (χ4n) is 1.98. The van der Waals surface area contributed by atoms with E-state index in [2.05, 4.69) is 43.8 Å². The molecule has 0 aromatic heterocycles. The summed E-state index contributed by atoms with van der Waals surface area (Å²) in [6.45, 7) is 1.94. The van der Waals surface area contributed by atoms with Crippen molar-refractivity contribution in [2.45, 2.75) is 13.0 Å². The quantitative estimate of drug-likeness (QED) is 0.593. The van der Waals surface area contributed by atoms with Crippen LogP contribution >= 0.6 is 50.1 Å². The van der Waals surface area contributed by atoms with Gasteiger partial charge in [-0.3, -0.25) is 4.79 Å². The zero-order valence-electron chi connectivity index (χ0n) is 12.0. The number of carbonyl (C=O) groups is 1. The third-order valence-electron chi connectivity index (χ3n) is 3.20. The van der Waals surface area contributed by atoms with Crippen LogP contribution in [0.4, 0.5) is 0 Å². The van der Waals surface area contributed by atoms with Gasteiger partial charge in [0, 0.05) is 8.59 Å². The second-order valence-corrected chi connectivity index (χ2v) is 7.17. The van der Waals surface area contributed by atoms with Crippen molar-refractivity contribution >= 4 is 56.0 Å². The molecular weight excluding hydrogens is 480 g/mol. The molecule has 22 heavy (non-hydrogen) atoms. The first kappa shape index (κ1) is 17.6. The van der Waals surface area contributed by atoms with Crippen LogP contribution in [-0.4, -0.2) is 13.0 Å². The summed E-state index contributed by atoms with van der Waals surface area (Å²) in [5.74, 6) is 0.634. The zero-order valence-corrected chi connectivity index (χ0v) is 16.5. The highest BCUT2D eigenvalue weighted by atomic mass is 127. The number of hydrogen-bond donors (Lipinski definition) is 1. The van der Waals surface area contributed by atoms with E-state index in [9.17, 15) is 4.79 Å². The molecule has 0 radical (unpaired) electrons. The van der Waals surface area contributed by atoms with Crippen LogP contribution in [0.25, 0.3) is 0 Å². The van der Waals surface area contributed by atoms with E-state index in [1.807, 2.05) is 25.1 Å². The normalized spacial score (nSPS) is 11.9. The van der Waals surface area contributed by atoms with Crippen LogP contribution in [0, 0.1) is 3.57 Å². The van der Waals surface area contributed by atoms with Crippen molar-refractivity contribution in [1.82, 2.24) is 5.32 Å². The van der Waals surface area contributed by atoms with E-state index < -0.39 is 0 Å². The Morgan fingerprint density at radius 2 is 2.05 bits per heavy atom. The third kappa shape index (κ3) is 4.14. The van der Waals surface area contributed by atoms with Crippen molar-refractivity contribution in [2.24, 2.45) is 0 Å². The average Bonchev–Trinajstić information content (AvgIpc) is 2.46. The van der Waals surface area contributed by atoms with Crippen LogP contribution in [0.3, 0.4) is 0 Å². The van der Waals surface area contributed by atoms with E-state index >= 15 is 0 Å². The Balaban J connectivity index is 2.15. The molecule has 1 N–H and O–H groups in total. The topological polar surface area (TPSA) is 38.3 Å². The summed E-state index contributed by atoms with van der Waals surface area (Å²) in [6, 6.07) is 10.8. The second kappa shape index (κ2) is 7.66. The molecule has 0 heterocycles. The molecule has 6 heteroatoms. The first-order valence-electron chi connectivity index (χ1n) is 6.51. The molecule has 0 aliphatic heterocycles. The Bertz CT molecular complexity index is 709. The summed E-state index contributed by atoms with van der Waals surface area (Å²) in [5.41, 5.74) is 1.61. The highest BCUT2D eigenvalue weighted by molar-refractivity contribution is 14.1. The molecule has 2 aromatic rings. The molecule has 0 fully saturated rings. The van der Waals surface area contributed by atoms with Crippen molar-refractivity contribution < 1.29 is 9.53 Å². The van der Waals surface area contributed by atoms with Crippen molar-refractivity contribution in [3.05, 3.63) is 60.6 Å². The number of amides is 1. The van der Waals surface area contributed by atoms with Crippen molar-refractivity contribution in [3.63, 3.8) is 0 Å². The monoisotopic (exact) mass is 493 g/mol. The molecule has 0 saturated heterocycles. The summed E-state index contributed by atoms with van der Waals surface area (Å²) in [6.07, 6.45) is 0. The fraction of sp³-hybridized carbons (Fsp3) is 0.188. The van der Waals surface area contributed by atoms with Crippen LogP contribution in [0.1, 0.15) is 28.9 Å². The average molecular weight is 495 g/mol. The van der Waals surface area contributed by atoms with Gasteiger partial charge in [0.2, 0.25) is 0 Å². The minimum atomic E-state index is -0.125. The maximum atomic E-state index is 12.4. The van der Waals surface area contributed by atoms with Crippen LogP contribution < -0.4 is 10.1 Å². The number of ether oxygens (including phenoxy) is 1. The molecule has 0 aliphatic carbocycles. The molecule has 1 unspecified atom stereocenters. The number of carbonyl (C=O) groups excluding carboxylic acids is 1. The Morgan fingerprint density at radius 1 is 1.32 bits per heavy atom. The van der Waals surface area contributed by atoms with Crippen LogP contribution in [0.5, 0.6) is 5.75 Å². The second-order valence-electron chi connectivity index (χ2n) is 4.71. The Morgan fingerprint density at radius 3 is 2.64 bits per heavy atom. The van der Waals surface area contributed by atoms with Crippen LogP contribution in [0.15, 0.2) is 40.9 Å². The van der Waals surface area contributed by atoms with Gasteiger partial charge in [0.25, 0.3) is 5.91 Å². The minimum Gasteiger partial charge on any atom is -0.496 e. The molecule has 1 amide bonds. The molecule has 1 atom stereocenters. The number of hydrogen-bond acceptors (Lipinski definition) is 2. The summed E-state index contributed by atoms with van der Waals surface area (Å²) >= 11 is 11.5. The number of benzene rings is 2. The summed E-state index contributed by atoms with van der Waals surface area (Å²) < 4.78 is 6.89. The lowest BCUT2D eigenvalue weighted by molar-refractivity contribution is 0.0939. The van der Waals surface area contributed by atoms with Gasteiger partial charge in [-0.15, -0.1) is 0 Å². The molecule has 116 valence electrons. The molecule has 0 saturated carbocycles. The lowest BCUT2D eigenvalue weighted by Gasteiger charge is -2.16. The fourth-order valence-corrected chi connectivity index (χ4v) is 3.66. The lowest BCUT2D eigenvalue weighted by Crippen LogP contribution is -2.27. The molecule has 0 bridgehead atoms. The van der Waals surface area contributed by atoms with Crippen molar-refractivity contribution in [1.29, 1.82) is 0 Å². The molecule has 0 aliphatic rings. The number of nitrogens with one attached hydrogen (secondary N) is 1. The van der Waals surface area contributed by atoms with E-state index in [1.165, 1.54) is 0 Å². The number of halogens is 3. The third-order valence-corrected chi connectivity index (χ3v) is 4.95. The van der Waals surface area contributed by atoms with Crippen molar-refractivity contribution in [3.8, 4) is 5.75 Å². The maximum absolute atomic E-state index is 12.4. The summed E-state index contributed by atoms with van der Waals surface area (Å²) in [5, 5.41) is 3.61. The first-order chi connectivity index (χ1) is 10.4. The van der Waals surface area contributed by atoms with E-state index in [0.717, 1.165) is 19.4 Å². The lowest BCUT2D eigenvalue weighted by atomic mass is 10.1. The molecule has 2 rings (SSSR count). The van der Waals surface area contributed by atoms with E-state index in [1.54, 1.807) is 25.3 Å². The highest BCUT2D eigenvalue weighted by Crippen LogP contribution is 2.28. The highest BCUT2D eigenvalue weighted by Gasteiger charge is 2.15. The number of methoxy groups -OCH3 is 1. The van der Waals surface area contributed by atoms with E-state index in [0.29, 0.717) is 10.6 Å². The van der Waals surface area contributed by atoms with Gasteiger partial charge in [0.1, 0.15) is 5.75 Å². The molecule has 3 nitrogen and oxygen atoms in total.